The molecular formula is C20H19NO3. The molecule has 0 aliphatic rings. The minimum atomic E-state index is -0.245. The van der Waals surface area contributed by atoms with Crippen molar-refractivity contribution in [3.05, 3.63) is 66.2 Å². The van der Waals surface area contributed by atoms with Crippen LogP contribution in [0.2, 0.25) is 0 Å². The first-order chi connectivity index (χ1) is 11.7. The molecule has 0 fully saturated rings. The lowest BCUT2D eigenvalue weighted by Crippen LogP contribution is -2.20. The zero-order chi connectivity index (χ0) is 16.9. The Bertz CT molecular complexity index is 856. The fraction of sp³-hybridized carbons (Fsp3) is 0.150. The van der Waals surface area contributed by atoms with E-state index in [0.29, 0.717) is 16.8 Å². The standard InChI is InChI=1S/C20H19NO3/c1-2-14-9-11-15(12-10-14)24-13-20(23)21-18-7-3-6-17-16(18)5-4-8-19(17)22/h3-12,22H,2,13H2,1H3,(H,21,23). The Kier molecular flexibility index (Phi) is 4.66. The number of anilines is 1. The van der Waals surface area contributed by atoms with Gasteiger partial charge in [-0.15, -0.1) is 0 Å². The first kappa shape index (κ1) is 15.9. The van der Waals surface area contributed by atoms with Gasteiger partial charge in [0.1, 0.15) is 11.5 Å². The van der Waals surface area contributed by atoms with Crippen LogP contribution in [0.3, 0.4) is 0 Å². The second-order valence-corrected chi connectivity index (χ2v) is 5.51. The van der Waals surface area contributed by atoms with Crippen molar-refractivity contribution in [3.8, 4) is 11.5 Å². The number of rotatable bonds is 5. The molecule has 3 rings (SSSR count). The van der Waals surface area contributed by atoms with E-state index in [-0.39, 0.29) is 18.3 Å². The van der Waals surface area contributed by atoms with Gasteiger partial charge < -0.3 is 15.2 Å². The zero-order valence-corrected chi connectivity index (χ0v) is 13.5. The van der Waals surface area contributed by atoms with Crippen LogP contribution >= 0.6 is 0 Å². The third-order valence-electron chi connectivity index (χ3n) is 3.87. The van der Waals surface area contributed by atoms with Crippen molar-refractivity contribution in [2.24, 2.45) is 0 Å². The molecule has 24 heavy (non-hydrogen) atoms. The number of aromatic hydroxyl groups is 1. The maximum Gasteiger partial charge on any atom is 0.262 e. The average molecular weight is 321 g/mol. The van der Waals surface area contributed by atoms with Crippen LogP contribution in [0.1, 0.15) is 12.5 Å². The van der Waals surface area contributed by atoms with Crippen LogP contribution in [0.5, 0.6) is 11.5 Å². The summed E-state index contributed by atoms with van der Waals surface area (Å²) in [6.07, 6.45) is 0.967. The van der Waals surface area contributed by atoms with E-state index in [2.05, 4.69) is 12.2 Å². The molecule has 0 spiro atoms. The number of nitrogens with one attached hydrogen (secondary N) is 1. The maximum absolute atomic E-state index is 12.1. The van der Waals surface area contributed by atoms with Gasteiger partial charge in [-0.3, -0.25) is 4.79 Å². The number of phenolic OH excluding ortho intramolecular Hbond substituents is 1. The van der Waals surface area contributed by atoms with Crippen LogP contribution in [0.15, 0.2) is 60.7 Å². The van der Waals surface area contributed by atoms with Gasteiger partial charge in [-0.05, 0) is 36.2 Å². The molecule has 0 bridgehead atoms. The number of fused-ring (bicyclic) bond motifs is 1. The summed E-state index contributed by atoms with van der Waals surface area (Å²) < 4.78 is 5.51. The first-order valence-electron chi connectivity index (χ1n) is 7.89. The summed E-state index contributed by atoms with van der Waals surface area (Å²) in [5.74, 6) is 0.610. The lowest BCUT2D eigenvalue weighted by atomic mass is 10.1. The molecule has 3 aromatic rings. The summed E-state index contributed by atoms with van der Waals surface area (Å²) in [7, 11) is 0. The fourth-order valence-electron chi connectivity index (χ4n) is 2.56. The Labute approximate surface area is 140 Å². The summed E-state index contributed by atoms with van der Waals surface area (Å²) in [6, 6.07) is 18.3. The van der Waals surface area contributed by atoms with E-state index < -0.39 is 0 Å². The smallest absolute Gasteiger partial charge is 0.262 e. The van der Waals surface area contributed by atoms with Crippen LogP contribution in [0.25, 0.3) is 10.8 Å². The predicted molar refractivity (Wildman–Crippen MR) is 95.6 cm³/mol. The SMILES string of the molecule is CCc1ccc(OCC(=O)Nc2cccc3c(O)cccc23)cc1. The lowest BCUT2D eigenvalue weighted by Gasteiger charge is -2.10. The van der Waals surface area contributed by atoms with E-state index in [1.807, 2.05) is 36.4 Å². The molecule has 0 aliphatic heterocycles. The fourth-order valence-corrected chi connectivity index (χ4v) is 2.56. The van der Waals surface area contributed by atoms with Crippen molar-refractivity contribution < 1.29 is 14.6 Å². The number of ether oxygens (including phenoxy) is 1. The number of amides is 1. The number of benzene rings is 3. The molecule has 0 radical (unpaired) electrons. The van der Waals surface area contributed by atoms with Gasteiger partial charge in [0.2, 0.25) is 0 Å². The highest BCUT2D eigenvalue weighted by molar-refractivity contribution is 6.04. The quantitative estimate of drug-likeness (QED) is 0.743. The number of hydrogen-bond acceptors (Lipinski definition) is 3. The van der Waals surface area contributed by atoms with Crippen molar-refractivity contribution >= 4 is 22.4 Å². The van der Waals surface area contributed by atoms with Gasteiger partial charge in [-0.1, -0.05) is 43.3 Å². The summed E-state index contributed by atoms with van der Waals surface area (Å²) in [4.78, 5) is 12.1. The Balaban J connectivity index is 1.67. The normalized spacial score (nSPS) is 10.5. The molecule has 0 atom stereocenters. The molecule has 0 saturated heterocycles. The number of phenols is 1. The van der Waals surface area contributed by atoms with Gasteiger partial charge in [0.05, 0.1) is 0 Å². The monoisotopic (exact) mass is 321 g/mol. The Morgan fingerprint density at radius 1 is 1.00 bits per heavy atom. The highest BCUT2D eigenvalue weighted by Crippen LogP contribution is 2.29. The molecule has 4 nitrogen and oxygen atoms in total. The number of carbonyl (C=O) groups is 1. The van der Waals surface area contributed by atoms with E-state index in [9.17, 15) is 9.90 Å². The molecular weight excluding hydrogens is 302 g/mol. The Morgan fingerprint density at radius 2 is 1.71 bits per heavy atom. The molecule has 0 saturated carbocycles. The number of hydrogen-bond donors (Lipinski definition) is 2. The molecule has 0 aromatic heterocycles. The van der Waals surface area contributed by atoms with Gasteiger partial charge in [-0.2, -0.15) is 0 Å². The lowest BCUT2D eigenvalue weighted by molar-refractivity contribution is -0.118. The molecule has 122 valence electrons. The van der Waals surface area contributed by atoms with Crippen LogP contribution in [0, 0.1) is 0 Å². The van der Waals surface area contributed by atoms with Gasteiger partial charge in [0.15, 0.2) is 6.61 Å². The largest absolute Gasteiger partial charge is 0.507 e. The minimum Gasteiger partial charge on any atom is -0.507 e. The highest BCUT2D eigenvalue weighted by Gasteiger charge is 2.08. The van der Waals surface area contributed by atoms with Gasteiger partial charge >= 0.3 is 0 Å². The maximum atomic E-state index is 12.1. The van der Waals surface area contributed by atoms with Crippen LogP contribution in [-0.4, -0.2) is 17.6 Å². The van der Waals surface area contributed by atoms with Crippen LogP contribution in [-0.2, 0) is 11.2 Å². The Morgan fingerprint density at radius 3 is 2.46 bits per heavy atom. The van der Waals surface area contributed by atoms with Crippen molar-refractivity contribution in [1.29, 1.82) is 0 Å². The molecule has 1 amide bonds. The van der Waals surface area contributed by atoms with Gasteiger partial charge in [-0.25, -0.2) is 0 Å². The van der Waals surface area contributed by atoms with E-state index in [1.165, 1.54) is 5.56 Å². The zero-order valence-electron chi connectivity index (χ0n) is 13.5. The third kappa shape index (κ3) is 3.49. The van der Waals surface area contributed by atoms with Crippen molar-refractivity contribution in [2.45, 2.75) is 13.3 Å². The second-order valence-electron chi connectivity index (χ2n) is 5.51. The van der Waals surface area contributed by atoms with E-state index >= 15 is 0 Å². The number of aryl methyl sites for hydroxylation is 1. The number of carbonyl (C=O) groups excluding carboxylic acids is 1. The Hall–Kier alpha value is -3.01. The third-order valence-corrected chi connectivity index (χ3v) is 3.87. The summed E-state index contributed by atoms with van der Waals surface area (Å²) in [5, 5.41) is 14.2. The van der Waals surface area contributed by atoms with E-state index in [1.54, 1.807) is 24.3 Å². The van der Waals surface area contributed by atoms with Crippen LogP contribution < -0.4 is 10.1 Å². The predicted octanol–water partition coefficient (Wildman–Crippen LogP) is 4.13. The molecule has 4 heteroatoms. The van der Waals surface area contributed by atoms with Crippen molar-refractivity contribution in [3.63, 3.8) is 0 Å². The topological polar surface area (TPSA) is 58.6 Å². The average Bonchev–Trinajstić information content (AvgIpc) is 2.61. The van der Waals surface area contributed by atoms with E-state index in [4.69, 9.17) is 4.74 Å². The summed E-state index contributed by atoms with van der Waals surface area (Å²) in [6.45, 7) is 2.02. The molecule has 0 aliphatic carbocycles. The second kappa shape index (κ2) is 7.04. The molecule has 2 N–H and O–H groups in total. The van der Waals surface area contributed by atoms with Crippen molar-refractivity contribution in [2.75, 3.05) is 11.9 Å². The highest BCUT2D eigenvalue weighted by atomic mass is 16.5. The summed E-state index contributed by atoms with van der Waals surface area (Å²) in [5.41, 5.74) is 1.88. The van der Waals surface area contributed by atoms with Crippen LogP contribution in [0.4, 0.5) is 5.69 Å². The van der Waals surface area contributed by atoms with Gasteiger partial charge in [0.25, 0.3) is 5.91 Å². The minimum absolute atomic E-state index is 0.0688. The molecule has 0 unspecified atom stereocenters. The molecule has 0 heterocycles. The van der Waals surface area contributed by atoms with Gasteiger partial charge in [0, 0.05) is 16.5 Å². The van der Waals surface area contributed by atoms with E-state index in [0.717, 1.165) is 11.8 Å². The van der Waals surface area contributed by atoms with Crippen molar-refractivity contribution in [1.82, 2.24) is 0 Å². The molecule has 3 aromatic carbocycles. The first-order valence-corrected chi connectivity index (χ1v) is 7.89. The summed E-state index contributed by atoms with van der Waals surface area (Å²) >= 11 is 0.